The van der Waals surface area contributed by atoms with Crippen LogP contribution in [0.1, 0.15) is 13.8 Å². The summed E-state index contributed by atoms with van der Waals surface area (Å²) >= 11 is 0. The molecule has 1 saturated heterocycles. The Morgan fingerprint density at radius 3 is 2.29 bits per heavy atom. The summed E-state index contributed by atoms with van der Waals surface area (Å²) in [5.74, 6) is 0.0935. The van der Waals surface area contributed by atoms with Gasteiger partial charge < -0.3 is 15.5 Å². The van der Waals surface area contributed by atoms with Crippen molar-refractivity contribution in [1.29, 1.82) is 0 Å². The van der Waals surface area contributed by atoms with E-state index in [1.54, 1.807) is 17.0 Å². The van der Waals surface area contributed by atoms with E-state index in [1.807, 2.05) is 19.9 Å². The predicted molar refractivity (Wildman–Crippen MR) is 99.2 cm³/mol. The molecule has 1 aromatic carbocycles. The van der Waals surface area contributed by atoms with E-state index in [1.165, 1.54) is 6.07 Å². The molecule has 1 aliphatic heterocycles. The van der Waals surface area contributed by atoms with Crippen molar-refractivity contribution < 1.29 is 9.72 Å². The smallest absolute Gasteiger partial charge is 0.271 e. The number of anilines is 1. The highest BCUT2D eigenvalue weighted by atomic mass is 35.5. The number of hydrogen-bond acceptors (Lipinski definition) is 5. The van der Waals surface area contributed by atoms with Crippen molar-refractivity contribution in [3.05, 3.63) is 34.4 Å². The summed E-state index contributed by atoms with van der Waals surface area (Å²) < 4.78 is 0. The Morgan fingerprint density at radius 2 is 1.79 bits per heavy atom. The third-order valence-electron chi connectivity index (χ3n) is 4.00. The molecule has 136 valence electrons. The van der Waals surface area contributed by atoms with E-state index in [4.69, 9.17) is 5.73 Å². The molecule has 1 aromatic rings. The molecule has 1 heterocycles. The lowest BCUT2D eigenvalue weighted by Gasteiger charge is -2.37. The molecule has 1 atom stereocenters. The molecule has 0 radical (unpaired) electrons. The van der Waals surface area contributed by atoms with Crippen molar-refractivity contribution >= 4 is 42.1 Å². The Labute approximate surface area is 154 Å². The standard InChI is InChI=1S/C15H22N4O3.2ClH/c1-11(2)14(16)15(20)18-8-6-17(7-9-18)12-4-3-5-13(10-12)19(21)22;;/h3-5,10-11,14H,6-9,16H2,1-2H3;2*1H. The number of piperazine rings is 1. The highest BCUT2D eigenvalue weighted by Gasteiger charge is 2.27. The predicted octanol–water partition coefficient (Wildman–Crippen LogP) is 2.07. The van der Waals surface area contributed by atoms with Gasteiger partial charge in [-0.05, 0) is 12.0 Å². The van der Waals surface area contributed by atoms with Crippen LogP contribution in [0.25, 0.3) is 0 Å². The van der Waals surface area contributed by atoms with E-state index in [0.717, 1.165) is 5.69 Å². The number of nitro benzene ring substituents is 1. The third-order valence-corrected chi connectivity index (χ3v) is 4.00. The van der Waals surface area contributed by atoms with E-state index in [-0.39, 0.29) is 42.3 Å². The molecule has 7 nitrogen and oxygen atoms in total. The molecule has 2 rings (SSSR count). The van der Waals surface area contributed by atoms with Gasteiger partial charge in [0.15, 0.2) is 0 Å². The summed E-state index contributed by atoms with van der Waals surface area (Å²) in [5.41, 5.74) is 6.81. The lowest BCUT2D eigenvalue weighted by atomic mass is 10.0. The number of benzene rings is 1. The first-order valence-corrected chi connectivity index (χ1v) is 7.44. The molecule has 1 fully saturated rings. The Bertz CT molecular complexity index is 563. The van der Waals surface area contributed by atoms with Gasteiger partial charge in [0, 0.05) is 44.0 Å². The van der Waals surface area contributed by atoms with Crippen molar-refractivity contribution in [2.45, 2.75) is 19.9 Å². The Hall–Kier alpha value is -1.57. The second-order valence-electron chi connectivity index (χ2n) is 5.86. The number of carbonyl (C=O) groups excluding carboxylic acids is 1. The van der Waals surface area contributed by atoms with Crippen LogP contribution in [0.5, 0.6) is 0 Å². The van der Waals surface area contributed by atoms with Gasteiger partial charge in [0.1, 0.15) is 0 Å². The van der Waals surface area contributed by atoms with E-state index < -0.39 is 11.0 Å². The molecule has 0 saturated carbocycles. The highest BCUT2D eigenvalue weighted by Crippen LogP contribution is 2.22. The van der Waals surface area contributed by atoms with Gasteiger partial charge in [-0.1, -0.05) is 19.9 Å². The van der Waals surface area contributed by atoms with E-state index in [0.29, 0.717) is 26.2 Å². The number of non-ortho nitro benzene ring substituents is 1. The number of nitrogens with zero attached hydrogens (tertiary/aromatic N) is 3. The largest absolute Gasteiger partial charge is 0.368 e. The maximum absolute atomic E-state index is 12.2. The second kappa shape index (κ2) is 9.66. The molecule has 9 heteroatoms. The Kier molecular flexibility index (Phi) is 9.03. The quantitative estimate of drug-likeness (QED) is 0.639. The number of amides is 1. The van der Waals surface area contributed by atoms with Gasteiger partial charge in [-0.25, -0.2) is 0 Å². The summed E-state index contributed by atoms with van der Waals surface area (Å²) in [6, 6.07) is 6.11. The van der Waals surface area contributed by atoms with Crippen LogP contribution < -0.4 is 10.6 Å². The van der Waals surface area contributed by atoms with Crippen LogP contribution in [0.4, 0.5) is 11.4 Å². The van der Waals surface area contributed by atoms with Crippen molar-refractivity contribution in [1.82, 2.24) is 4.90 Å². The van der Waals surface area contributed by atoms with Gasteiger partial charge in [-0.3, -0.25) is 14.9 Å². The minimum atomic E-state index is -0.468. The zero-order valence-electron chi connectivity index (χ0n) is 13.8. The monoisotopic (exact) mass is 378 g/mol. The lowest BCUT2D eigenvalue weighted by Crippen LogP contribution is -2.54. The number of hydrogen-bond donors (Lipinski definition) is 1. The van der Waals surface area contributed by atoms with E-state index in [2.05, 4.69) is 4.90 Å². The number of carbonyl (C=O) groups is 1. The Morgan fingerprint density at radius 1 is 1.21 bits per heavy atom. The van der Waals surface area contributed by atoms with Crippen LogP contribution >= 0.6 is 24.8 Å². The van der Waals surface area contributed by atoms with Gasteiger partial charge in [-0.2, -0.15) is 0 Å². The van der Waals surface area contributed by atoms with Crippen LogP contribution in [0.3, 0.4) is 0 Å². The average Bonchev–Trinajstić information content (AvgIpc) is 2.53. The summed E-state index contributed by atoms with van der Waals surface area (Å²) in [6.07, 6.45) is 0. The zero-order chi connectivity index (χ0) is 16.3. The molecule has 0 bridgehead atoms. The molecule has 0 aromatic heterocycles. The van der Waals surface area contributed by atoms with Crippen LogP contribution in [0.2, 0.25) is 0 Å². The molecule has 1 amide bonds. The van der Waals surface area contributed by atoms with Crippen molar-refractivity contribution in [3.8, 4) is 0 Å². The third kappa shape index (κ3) is 5.22. The molecule has 0 spiro atoms. The minimum absolute atomic E-state index is 0. The number of nitro groups is 1. The first-order chi connectivity index (χ1) is 10.4. The second-order valence-corrected chi connectivity index (χ2v) is 5.86. The molecule has 1 aliphatic rings. The first-order valence-electron chi connectivity index (χ1n) is 7.44. The number of halogens is 2. The first kappa shape index (κ1) is 22.4. The van der Waals surface area contributed by atoms with E-state index in [9.17, 15) is 14.9 Å². The summed E-state index contributed by atoms with van der Waals surface area (Å²) in [6.45, 7) is 6.34. The Balaban J connectivity index is 0.00000264. The summed E-state index contributed by atoms with van der Waals surface area (Å²) in [4.78, 5) is 26.5. The fraction of sp³-hybridized carbons (Fsp3) is 0.533. The van der Waals surface area contributed by atoms with E-state index >= 15 is 0 Å². The SMILES string of the molecule is CC(C)C(N)C(=O)N1CCN(c2cccc([N+](=O)[O-])c2)CC1.Cl.Cl. The fourth-order valence-corrected chi connectivity index (χ4v) is 2.48. The zero-order valence-corrected chi connectivity index (χ0v) is 15.4. The van der Waals surface area contributed by atoms with Crippen LogP contribution in [0, 0.1) is 16.0 Å². The molecular formula is C15H24Cl2N4O3. The molecular weight excluding hydrogens is 355 g/mol. The maximum Gasteiger partial charge on any atom is 0.271 e. The van der Waals surface area contributed by atoms with Crippen LogP contribution in [-0.4, -0.2) is 48.0 Å². The van der Waals surface area contributed by atoms with Crippen molar-refractivity contribution in [3.63, 3.8) is 0 Å². The number of rotatable bonds is 4. The van der Waals surface area contributed by atoms with Gasteiger partial charge in [0.25, 0.3) is 5.69 Å². The lowest BCUT2D eigenvalue weighted by molar-refractivity contribution is -0.384. The minimum Gasteiger partial charge on any atom is -0.368 e. The van der Waals surface area contributed by atoms with Gasteiger partial charge in [-0.15, -0.1) is 24.8 Å². The number of nitrogens with two attached hydrogens (primary N) is 1. The van der Waals surface area contributed by atoms with Gasteiger partial charge in [0.2, 0.25) is 5.91 Å². The van der Waals surface area contributed by atoms with Crippen molar-refractivity contribution in [2.75, 3.05) is 31.1 Å². The van der Waals surface area contributed by atoms with Crippen LogP contribution in [-0.2, 0) is 4.79 Å². The molecule has 2 N–H and O–H groups in total. The summed E-state index contributed by atoms with van der Waals surface area (Å²) in [7, 11) is 0. The highest BCUT2D eigenvalue weighted by molar-refractivity contribution is 5.85. The normalized spacial score (nSPS) is 15.3. The maximum atomic E-state index is 12.2. The summed E-state index contributed by atoms with van der Waals surface area (Å²) in [5, 5.41) is 10.8. The van der Waals surface area contributed by atoms with Crippen LogP contribution in [0.15, 0.2) is 24.3 Å². The van der Waals surface area contributed by atoms with Crippen molar-refractivity contribution in [2.24, 2.45) is 11.7 Å². The topological polar surface area (TPSA) is 92.7 Å². The average molecular weight is 379 g/mol. The molecule has 0 aliphatic carbocycles. The van der Waals surface area contributed by atoms with Gasteiger partial charge in [0.05, 0.1) is 11.0 Å². The van der Waals surface area contributed by atoms with Gasteiger partial charge >= 0.3 is 0 Å². The fourth-order valence-electron chi connectivity index (χ4n) is 2.48. The molecule has 24 heavy (non-hydrogen) atoms. The molecule has 1 unspecified atom stereocenters.